The molecule has 0 unspecified atom stereocenters. The van der Waals surface area contributed by atoms with Gasteiger partial charge in [-0.1, -0.05) is 6.58 Å². The summed E-state index contributed by atoms with van der Waals surface area (Å²) >= 11 is 0. The molecule has 1 aromatic rings. The molecule has 1 heterocycles. The summed E-state index contributed by atoms with van der Waals surface area (Å²) in [6.45, 7) is 3.96. The Bertz CT molecular complexity index is 304. The summed E-state index contributed by atoms with van der Waals surface area (Å²) in [4.78, 5) is 14.9. The van der Waals surface area contributed by atoms with Crippen LogP contribution in [0.1, 0.15) is 5.69 Å². The number of nitrogens with one attached hydrogen (secondary N) is 1. The number of aromatic nitrogens is 2. The van der Waals surface area contributed by atoms with Crippen molar-refractivity contribution in [1.82, 2.24) is 14.9 Å². The van der Waals surface area contributed by atoms with Crippen molar-refractivity contribution in [3.8, 4) is 0 Å². The van der Waals surface area contributed by atoms with Crippen LogP contribution in [0.4, 0.5) is 0 Å². The number of hydrogen-bond donors (Lipinski definition) is 1. The van der Waals surface area contributed by atoms with Crippen LogP contribution in [0.3, 0.4) is 0 Å². The molecule has 13 heavy (non-hydrogen) atoms. The topological polar surface area (TPSA) is 46.9 Å². The summed E-state index contributed by atoms with van der Waals surface area (Å²) in [6, 6.07) is 0. The molecule has 0 aromatic carbocycles. The van der Waals surface area contributed by atoms with Crippen molar-refractivity contribution in [1.29, 1.82) is 0 Å². The van der Waals surface area contributed by atoms with Crippen LogP contribution in [0.5, 0.6) is 0 Å². The van der Waals surface area contributed by atoms with Crippen LogP contribution in [-0.4, -0.2) is 22.0 Å². The number of imidazole rings is 1. The molecule has 4 heteroatoms. The van der Waals surface area contributed by atoms with Crippen LogP contribution in [0, 0.1) is 0 Å². The van der Waals surface area contributed by atoms with Crippen molar-refractivity contribution in [2.45, 2.75) is 6.42 Å². The number of aryl methyl sites for hydroxylation is 1. The fourth-order valence-corrected chi connectivity index (χ4v) is 0.982. The molecule has 1 N–H and O–H groups in total. The van der Waals surface area contributed by atoms with E-state index in [4.69, 9.17) is 0 Å². The van der Waals surface area contributed by atoms with Crippen LogP contribution in [0.2, 0.25) is 0 Å². The number of amides is 1. The minimum atomic E-state index is -0.143. The van der Waals surface area contributed by atoms with Crippen LogP contribution in [0.25, 0.3) is 0 Å². The average molecular weight is 179 g/mol. The summed E-state index contributed by atoms with van der Waals surface area (Å²) in [6.07, 6.45) is 5.68. The molecule has 0 saturated heterocycles. The van der Waals surface area contributed by atoms with E-state index in [1.165, 1.54) is 6.08 Å². The highest BCUT2D eigenvalue weighted by molar-refractivity contribution is 5.86. The van der Waals surface area contributed by atoms with E-state index >= 15 is 0 Å². The normalized spacial score (nSPS) is 9.62. The molecule has 0 spiro atoms. The van der Waals surface area contributed by atoms with Gasteiger partial charge in [-0.15, -0.1) is 0 Å². The second-order valence-corrected chi connectivity index (χ2v) is 2.78. The number of carbonyl (C=O) groups is 1. The van der Waals surface area contributed by atoms with Gasteiger partial charge in [0.25, 0.3) is 0 Å². The first kappa shape index (κ1) is 9.51. The van der Waals surface area contributed by atoms with Gasteiger partial charge in [-0.2, -0.15) is 0 Å². The van der Waals surface area contributed by atoms with Gasteiger partial charge in [0, 0.05) is 26.2 Å². The lowest BCUT2D eigenvalue weighted by Crippen LogP contribution is -2.23. The van der Waals surface area contributed by atoms with E-state index in [-0.39, 0.29) is 5.91 Å². The van der Waals surface area contributed by atoms with E-state index in [1.807, 2.05) is 17.8 Å². The van der Waals surface area contributed by atoms with Crippen molar-refractivity contribution in [3.63, 3.8) is 0 Å². The fraction of sp³-hybridized carbons (Fsp3) is 0.333. The summed E-state index contributed by atoms with van der Waals surface area (Å²) in [5.74, 6) is -0.143. The first-order chi connectivity index (χ1) is 6.22. The maximum absolute atomic E-state index is 10.8. The van der Waals surface area contributed by atoms with E-state index in [2.05, 4.69) is 16.9 Å². The zero-order valence-electron chi connectivity index (χ0n) is 7.66. The largest absolute Gasteiger partial charge is 0.352 e. The Kier molecular flexibility index (Phi) is 3.25. The molecule has 0 radical (unpaired) electrons. The molecule has 0 saturated carbocycles. The molecule has 1 rings (SSSR count). The lowest BCUT2D eigenvalue weighted by atomic mass is 10.3. The monoisotopic (exact) mass is 179 g/mol. The van der Waals surface area contributed by atoms with Crippen molar-refractivity contribution in [2.24, 2.45) is 7.05 Å². The van der Waals surface area contributed by atoms with Gasteiger partial charge in [0.1, 0.15) is 0 Å². The van der Waals surface area contributed by atoms with Gasteiger partial charge >= 0.3 is 0 Å². The van der Waals surface area contributed by atoms with Crippen molar-refractivity contribution >= 4 is 5.91 Å². The standard InChI is InChI=1S/C9H13N3O/c1-3-9(13)10-5-4-8-6-12(2)7-11-8/h3,6-7H,1,4-5H2,2H3,(H,10,13). The van der Waals surface area contributed by atoms with E-state index in [1.54, 1.807) is 6.33 Å². The highest BCUT2D eigenvalue weighted by Crippen LogP contribution is 1.93. The third-order valence-corrected chi connectivity index (χ3v) is 1.62. The first-order valence-corrected chi connectivity index (χ1v) is 4.09. The van der Waals surface area contributed by atoms with Gasteiger partial charge in [-0.3, -0.25) is 4.79 Å². The molecule has 0 bridgehead atoms. The number of rotatable bonds is 4. The minimum Gasteiger partial charge on any atom is -0.352 e. The first-order valence-electron chi connectivity index (χ1n) is 4.09. The van der Waals surface area contributed by atoms with Crippen LogP contribution < -0.4 is 5.32 Å². The maximum atomic E-state index is 10.8. The SMILES string of the molecule is C=CC(=O)NCCc1cn(C)cn1. The Labute approximate surface area is 77.3 Å². The minimum absolute atomic E-state index is 0.143. The Hall–Kier alpha value is -1.58. The lowest BCUT2D eigenvalue weighted by Gasteiger charge is -1.98. The third kappa shape index (κ3) is 3.11. The molecule has 0 aliphatic rings. The molecule has 0 aliphatic heterocycles. The number of nitrogens with zero attached hydrogens (tertiary/aromatic N) is 2. The Morgan fingerprint density at radius 2 is 2.62 bits per heavy atom. The summed E-state index contributed by atoms with van der Waals surface area (Å²) in [5.41, 5.74) is 0.979. The Morgan fingerprint density at radius 1 is 1.85 bits per heavy atom. The van der Waals surface area contributed by atoms with E-state index < -0.39 is 0 Å². The van der Waals surface area contributed by atoms with Gasteiger partial charge in [-0.05, 0) is 6.08 Å². The van der Waals surface area contributed by atoms with E-state index in [9.17, 15) is 4.79 Å². The predicted molar refractivity (Wildman–Crippen MR) is 50.1 cm³/mol. The summed E-state index contributed by atoms with van der Waals surface area (Å²) in [5, 5.41) is 2.68. The molecular weight excluding hydrogens is 166 g/mol. The van der Waals surface area contributed by atoms with Crippen molar-refractivity contribution in [2.75, 3.05) is 6.54 Å². The van der Waals surface area contributed by atoms with Gasteiger partial charge in [0.05, 0.1) is 12.0 Å². The summed E-state index contributed by atoms with van der Waals surface area (Å²) in [7, 11) is 1.92. The number of hydrogen-bond acceptors (Lipinski definition) is 2. The molecule has 1 aromatic heterocycles. The van der Waals surface area contributed by atoms with Gasteiger partial charge in [0.2, 0.25) is 5.91 Å². The number of carbonyl (C=O) groups excluding carboxylic acids is 1. The van der Waals surface area contributed by atoms with Crippen molar-refractivity contribution < 1.29 is 4.79 Å². The quantitative estimate of drug-likeness (QED) is 0.674. The molecule has 4 nitrogen and oxygen atoms in total. The molecule has 0 aliphatic carbocycles. The van der Waals surface area contributed by atoms with Gasteiger partial charge in [0.15, 0.2) is 0 Å². The molecule has 70 valence electrons. The highest BCUT2D eigenvalue weighted by Gasteiger charge is 1.97. The van der Waals surface area contributed by atoms with Crippen LogP contribution >= 0.6 is 0 Å². The predicted octanol–water partition coefficient (Wildman–Crippen LogP) is 0.265. The lowest BCUT2D eigenvalue weighted by molar-refractivity contribution is -0.116. The maximum Gasteiger partial charge on any atom is 0.243 e. The van der Waals surface area contributed by atoms with E-state index in [0.717, 1.165) is 12.1 Å². The molecule has 0 atom stereocenters. The second-order valence-electron chi connectivity index (χ2n) is 2.78. The summed E-state index contributed by atoms with van der Waals surface area (Å²) < 4.78 is 1.88. The van der Waals surface area contributed by atoms with Crippen LogP contribution in [0.15, 0.2) is 25.2 Å². The highest BCUT2D eigenvalue weighted by atomic mass is 16.1. The van der Waals surface area contributed by atoms with Crippen LogP contribution in [-0.2, 0) is 18.3 Å². The second kappa shape index (κ2) is 4.45. The van der Waals surface area contributed by atoms with Gasteiger partial charge in [-0.25, -0.2) is 4.98 Å². The zero-order chi connectivity index (χ0) is 9.68. The molecule has 0 fully saturated rings. The molecular formula is C9H13N3O. The smallest absolute Gasteiger partial charge is 0.243 e. The van der Waals surface area contributed by atoms with Crippen molar-refractivity contribution in [3.05, 3.63) is 30.9 Å². The Balaban J connectivity index is 2.27. The third-order valence-electron chi connectivity index (χ3n) is 1.62. The molecule has 1 amide bonds. The average Bonchev–Trinajstić information content (AvgIpc) is 2.51. The van der Waals surface area contributed by atoms with Gasteiger partial charge < -0.3 is 9.88 Å². The fourth-order valence-electron chi connectivity index (χ4n) is 0.982. The van der Waals surface area contributed by atoms with E-state index in [0.29, 0.717) is 6.54 Å². The Morgan fingerprint density at radius 3 is 3.15 bits per heavy atom. The zero-order valence-corrected chi connectivity index (χ0v) is 7.66.